The van der Waals surface area contributed by atoms with Gasteiger partial charge in [0.05, 0.1) is 0 Å². The van der Waals surface area contributed by atoms with Gasteiger partial charge in [-0.05, 0) is 103 Å². The Morgan fingerprint density at radius 3 is 2.33 bits per heavy atom. The molecule has 0 aromatic rings. The van der Waals surface area contributed by atoms with Gasteiger partial charge in [-0.3, -0.25) is 0 Å². The van der Waals surface area contributed by atoms with Crippen LogP contribution in [0.3, 0.4) is 0 Å². The van der Waals surface area contributed by atoms with E-state index in [1.54, 1.807) is 5.57 Å². The van der Waals surface area contributed by atoms with E-state index < -0.39 is 20.1 Å². The van der Waals surface area contributed by atoms with E-state index in [0.717, 1.165) is 32.1 Å². The lowest BCUT2D eigenvalue weighted by Crippen LogP contribution is -2.53. The molecule has 5 heteroatoms. The van der Waals surface area contributed by atoms with Gasteiger partial charge in [-0.15, -0.1) is 0 Å². The average molecular weight is 477 g/mol. The molecule has 0 aromatic carbocycles. The maximum absolute atomic E-state index is 14.6. The first kappa shape index (κ1) is 25.2. The van der Waals surface area contributed by atoms with E-state index in [9.17, 15) is 14.3 Å². The van der Waals surface area contributed by atoms with Crippen molar-refractivity contribution in [3.8, 4) is 0 Å². The molecule has 3 nitrogen and oxygen atoms in total. The predicted octanol–water partition coefficient (Wildman–Crippen LogP) is 7.89. The summed E-state index contributed by atoms with van der Waals surface area (Å²) in [6.45, 7) is 18.6. The average Bonchev–Trinajstić information content (AvgIpc) is 3.04. The third-order valence-electron chi connectivity index (χ3n) is 10.9. The molecule has 4 aliphatic carbocycles. The highest BCUT2D eigenvalue weighted by atomic mass is 28.4. The summed E-state index contributed by atoms with van der Waals surface area (Å²) in [7, 11) is -1.80. The summed E-state index contributed by atoms with van der Waals surface area (Å²) in [5.74, 6) is -0.336. The maximum Gasteiger partial charge on any atom is 0.364 e. The number of fused-ring (bicyclic) bond motifs is 5. The van der Waals surface area contributed by atoms with Gasteiger partial charge in [0.15, 0.2) is 8.32 Å². The fourth-order valence-electron chi connectivity index (χ4n) is 7.98. The van der Waals surface area contributed by atoms with Gasteiger partial charge in [-0.1, -0.05) is 53.2 Å². The molecule has 3 fully saturated rings. The van der Waals surface area contributed by atoms with Gasteiger partial charge >= 0.3 is 5.97 Å². The Labute approximate surface area is 201 Å². The Balaban J connectivity index is 1.61. The molecule has 0 bridgehead atoms. The number of hydrogen-bond donors (Lipinski definition) is 1. The first-order valence-electron chi connectivity index (χ1n) is 13.1. The molecule has 1 N–H and O–H groups in total. The molecule has 4 rings (SSSR count). The van der Waals surface area contributed by atoms with Crippen LogP contribution >= 0.6 is 0 Å². The monoisotopic (exact) mass is 476 g/mol. The molecular weight excluding hydrogens is 431 g/mol. The second-order valence-electron chi connectivity index (χ2n) is 13.6. The molecule has 1 unspecified atom stereocenters. The summed E-state index contributed by atoms with van der Waals surface area (Å²) in [6.07, 6.45) is 9.72. The van der Waals surface area contributed by atoms with Crippen molar-refractivity contribution in [3.63, 3.8) is 0 Å². The van der Waals surface area contributed by atoms with Crippen molar-refractivity contribution in [3.05, 3.63) is 23.0 Å². The van der Waals surface area contributed by atoms with Crippen molar-refractivity contribution in [1.82, 2.24) is 0 Å². The minimum Gasteiger partial charge on any atom is -0.476 e. The molecule has 0 aromatic heterocycles. The normalized spacial score (nSPS) is 42.7. The third-order valence-corrected chi connectivity index (χ3v) is 15.4. The number of aliphatic carboxylic acids is 1. The zero-order valence-electron chi connectivity index (χ0n) is 22.1. The predicted molar refractivity (Wildman–Crippen MR) is 134 cm³/mol. The second kappa shape index (κ2) is 8.04. The molecule has 0 heterocycles. The van der Waals surface area contributed by atoms with E-state index in [4.69, 9.17) is 4.43 Å². The van der Waals surface area contributed by atoms with Gasteiger partial charge in [-0.25, -0.2) is 4.79 Å². The molecular formula is C28H45FO3Si. The Morgan fingerprint density at radius 2 is 1.73 bits per heavy atom. The minimum absolute atomic E-state index is 0.198. The van der Waals surface area contributed by atoms with Crippen LogP contribution < -0.4 is 0 Å². The first-order chi connectivity index (χ1) is 15.1. The second-order valence-corrected chi connectivity index (χ2v) is 18.4. The molecule has 3 saturated carbocycles. The van der Waals surface area contributed by atoms with E-state index in [-0.39, 0.29) is 15.9 Å². The van der Waals surface area contributed by atoms with Crippen molar-refractivity contribution in [1.29, 1.82) is 0 Å². The summed E-state index contributed by atoms with van der Waals surface area (Å²) < 4.78 is 21.5. The number of halogens is 1. The summed E-state index contributed by atoms with van der Waals surface area (Å²) >= 11 is 0. The molecule has 0 amide bonds. The molecule has 186 valence electrons. The summed E-state index contributed by atoms with van der Waals surface area (Å²) in [5.41, 5.74) is 2.07. The van der Waals surface area contributed by atoms with Gasteiger partial charge in [0.25, 0.3) is 0 Å². The van der Waals surface area contributed by atoms with E-state index in [0.29, 0.717) is 41.8 Å². The Bertz CT molecular complexity index is 884. The number of rotatable bonds is 3. The highest BCUT2D eigenvalue weighted by Crippen LogP contribution is 2.67. The fourth-order valence-corrected chi connectivity index (χ4v) is 9.37. The molecule has 4 aliphatic rings. The Kier molecular flexibility index (Phi) is 6.13. The van der Waals surface area contributed by atoms with Crippen LogP contribution in [0.4, 0.5) is 4.39 Å². The molecule has 0 spiro atoms. The molecule has 33 heavy (non-hydrogen) atoms. The van der Waals surface area contributed by atoms with Crippen LogP contribution in [0, 0.1) is 34.5 Å². The van der Waals surface area contributed by atoms with Crippen molar-refractivity contribution >= 4 is 14.3 Å². The number of hydrogen-bond acceptors (Lipinski definition) is 2. The standard InChI is InChI=1S/C28H45FO3Si/c1-17-15-18-16-19(32-33(7,8)26(2,3)4)11-13-27(18,5)21-12-14-28(6)20(23(17)21)9-10-22(28)24(29)25(30)31/h15,17,19-21,23H,9-14,16H2,1-8H3,(H,30,31)/t17-,19?,20+,21+,23+,27+,28+/m1/s1. The third kappa shape index (κ3) is 3.89. The number of carboxylic acids is 1. The van der Waals surface area contributed by atoms with Crippen molar-refractivity contribution < 1.29 is 18.7 Å². The van der Waals surface area contributed by atoms with Gasteiger partial charge < -0.3 is 9.53 Å². The minimum atomic E-state index is -1.80. The highest BCUT2D eigenvalue weighted by Gasteiger charge is 2.60. The van der Waals surface area contributed by atoms with Gasteiger partial charge in [0.2, 0.25) is 5.83 Å². The number of allylic oxidation sites excluding steroid dienone is 2. The van der Waals surface area contributed by atoms with Gasteiger partial charge in [-0.2, -0.15) is 4.39 Å². The number of carbonyl (C=O) groups is 1. The quantitative estimate of drug-likeness (QED) is 0.256. The lowest BCUT2D eigenvalue weighted by molar-refractivity contribution is -0.134. The van der Waals surface area contributed by atoms with Gasteiger partial charge in [0.1, 0.15) is 0 Å². The highest BCUT2D eigenvalue weighted by molar-refractivity contribution is 6.74. The number of carboxylic acid groups (broad SMARTS) is 1. The lowest BCUT2D eigenvalue weighted by atomic mass is 9.46. The molecule has 0 radical (unpaired) electrons. The lowest BCUT2D eigenvalue weighted by Gasteiger charge is -2.59. The molecule has 0 aliphatic heterocycles. The molecule has 0 saturated heterocycles. The molecule has 7 atom stereocenters. The zero-order valence-corrected chi connectivity index (χ0v) is 23.1. The smallest absolute Gasteiger partial charge is 0.364 e. The van der Waals surface area contributed by atoms with Crippen LogP contribution in [0.25, 0.3) is 0 Å². The topological polar surface area (TPSA) is 46.5 Å². The van der Waals surface area contributed by atoms with Crippen LogP contribution in [0.5, 0.6) is 0 Å². The van der Waals surface area contributed by atoms with Crippen LogP contribution in [-0.2, 0) is 9.22 Å². The summed E-state index contributed by atoms with van der Waals surface area (Å²) in [4.78, 5) is 11.4. The zero-order chi connectivity index (χ0) is 24.6. The maximum atomic E-state index is 14.6. The SMILES string of the molecule is C[C@@H]1C=C2CC(O[Si](C)(C)C(C)(C)C)CC[C@]2(C)[C@H]2CC[C@]3(C)C(=C(F)C(=O)O)CC[C@H]3[C@H]12. The van der Waals surface area contributed by atoms with Crippen molar-refractivity contribution in [2.24, 2.45) is 34.5 Å². The van der Waals surface area contributed by atoms with Crippen LogP contribution in [0.2, 0.25) is 18.1 Å². The Hall–Kier alpha value is -0.943. The fraction of sp³-hybridized carbons (Fsp3) is 0.821. The largest absolute Gasteiger partial charge is 0.476 e. The van der Waals surface area contributed by atoms with E-state index in [1.165, 1.54) is 6.42 Å². The first-order valence-corrected chi connectivity index (χ1v) is 16.0. The van der Waals surface area contributed by atoms with E-state index in [1.807, 2.05) is 0 Å². The van der Waals surface area contributed by atoms with Crippen LogP contribution in [0.1, 0.15) is 86.5 Å². The van der Waals surface area contributed by atoms with Crippen LogP contribution in [-0.4, -0.2) is 25.5 Å². The summed E-state index contributed by atoms with van der Waals surface area (Å²) in [6, 6.07) is 0. The van der Waals surface area contributed by atoms with Crippen molar-refractivity contribution in [2.45, 2.75) is 111 Å². The van der Waals surface area contributed by atoms with E-state index in [2.05, 4.69) is 60.7 Å². The van der Waals surface area contributed by atoms with Gasteiger partial charge in [0, 0.05) is 6.10 Å². The van der Waals surface area contributed by atoms with Crippen molar-refractivity contribution in [2.75, 3.05) is 0 Å². The Morgan fingerprint density at radius 1 is 1.12 bits per heavy atom. The summed E-state index contributed by atoms with van der Waals surface area (Å²) in [5, 5.41) is 9.55. The van der Waals surface area contributed by atoms with E-state index >= 15 is 0 Å². The van der Waals surface area contributed by atoms with Crippen LogP contribution in [0.15, 0.2) is 23.0 Å².